The second-order valence-corrected chi connectivity index (χ2v) is 7.50. The number of carbonyl (C=O) groups is 2. The van der Waals surface area contributed by atoms with E-state index in [-0.39, 0.29) is 18.4 Å². The maximum Gasteiger partial charge on any atom is 0.250 e. The first-order chi connectivity index (χ1) is 12.3. The van der Waals surface area contributed by atoms with Crippen LogP contribution in [0.4, 0.5) is 11.4 Å². The molecule has 2 aromatic carbocycles. The number of hydrogen-bond donors (Lipinski definition) is 1. The molecule has 2 aromatic rings. The molecule has 136 valence electrons. The third-order valence-electron chi connectivity index (χ3n) is 4.50. The van der Waals surface area contributed by atoms with Gasteiger partial charge in [0.2, 0.25) is 11.8 Å². The van der Waals surface area contributed by atoms with Gasteiger partial charge >= 0.3 is 0 Å². The molecule has 6 heteroatoms. The van der Waals surface area contributed by atoms with Gasteiger partial charge in [-0.2, -0.15) is 0 Å². The predicted molar refractivity (Wildman–Crippen MR) is 104 cm³/mol. The van der Waals surface area contributed by atoms with Gasteiger partial charge in [0.1, 0.15) is 5.54 Å². The lowest BCUT2D eigenvalue weighted by molar-refractivity contribution is -0.127. The van der Waals surface area contributed by atoms with Crippen molar-refractivity contribution >= 4 is 34.8 Å². The lowest BCUT2D eigenvalue weighted by atomic mass is 9.96. The van der Waals surface area contributed by atoms with Gasteiger partial charge in [-0.3, -0.25) is 19.4 Å². The van der Waals surface area contributed by atoms with Gasteiger partial charge in [0.05, 0.1) is 17.9 Å². The highest BCUT2D eigenvalue weighted by Gasteiger charge is 2.43. The van der Waals surface area contributed by atoms with Crippen molar-refractivity contribution < 1.29 is 9.59 Å². The number of hydrogen-bond acceptors (Lipinski definition) is 3. The van der Waals surface area contributed by atoms with Crippen molar-refractivity contribution in [2.24, 2.45) is 0 Å². The van der Waals surface area contributed by atoms with Crippen molar-refractivity contribution in [1.82, 2.24) is 4.90 Å². The minimum atomic E-state index is -0.956. The number of carbonyl (C=O) groups excluding carboxylic acids is 2. The summed E-state index contributed by atoms with van der Waals surface area (Å²) in [5, 5.41) is 3.54. The van der Waals surface area contributed by atoms with Crippen LogP contribution in [0.15, 0.2) is 48.5 Å². The first-order valence-electron chi connectivity index (χ1n) is 8.45. The average molecular weight is 372 g/mol. The Balaban J connectivity index is 1.80. The quantitative estimate of drug-likeness (QED) is 0.894. The fraction of sp³-hybridized carbons (Fsp3) is 0.300. The second kappa shape index (κ2) is 7.09. The largest absolute Gasteiger partial charge is 0.322 e. The molecule has 0 aromatic heterocycles. The zero-order chi connectivity index (χ0) is 18.9. The number of nitrogens with one attached hydrogen (secondary N) is 1. The molecule has 0 bridgehead atoms. The number of likely N-dealkylation sites (N-methyl/N-ethyl adjacent to an activating group) is 1. The summed E-state index contributed by atoms with van der Waals surface area (Å²) in [6.07, 6.45) is 0. The third kappa shape index (κ3) is 3.59. The molecule has 0 unspecified atom stereocenters. The van der Waals surface area contributed by atoms with E-state index in [2.05, 4.69) is 5.32 Å². The van der Waals surface area contributed by atoms with Crippen LogP contribution >= 0.6 is 11.6 Å². The Kier molecular flexibility index (Phi) is 5.03. The zero-order valence-corrected chi connectivity index (χ0v) is 15.9. The van der Waals surface area contributed by atoms with Crippen LogP contribution in [0.2, 0.25) is 5.02 Å². The molecule has 5 nitrogen and oxygen atoms in total. The fourth-order valence-electron chi connectivity index (χ4n) is 3.20. The summed E-state index contributed by atoms with van der Waals surface area (Å²) in [6.45, 7) is 4.30. The van der Waals surface area contributed by atoms with Crippen LogP contribution < -0.4 is 10.2 Å². The van der Waals surface area contributed by atoms with Crippen molar-refractivity contribution in [3.8, 4) is 0 Å². The molecule has 1 aliphatic rings. The Morgan fingerprint density at radius 3 is 2.65 bits per heavy atom. The summed E-state index contributed by atoms with van der Waals surface area (Å²) < 4.78 is 0. The smallest absolute Gasteiger partial charge is 0.250 e. The summed E-state index contributed by atoms with van der Waals surface area (Å²) in [6, 6.07) is 14.9. The van der Waals surface area contributed by atoms with Gasteiger partial charge in [-0.05, 0) is 50.7 Å². The molecule has 0 spiro atoms. The van der Waals surface area contributed by atoms with Gasteiger partial charge < -0.3 is 5.32 Å². The minimum Gasteiger partial charge on any atom is -0.322 e. The molecule has 1 heterocycles. The number of halogens is 1. The van der Waals surface area contributed by atoms with Gasteiger partial charge in [0, 0.05) is 11.6 Å². The molecule has 1 N–H and O–H groups in total. The van der Waals surface area contributed by atoms with E-state index >= 15 is 0 Å². The van der Waals surface area contributed by atoms with Crippen LogP contribution in [-0.4, -0.2) is 35.8 Å². The Hall–Kier alpha value is -2.37. The van der Waals surface area contributed by atoms with E-state index in [0.29, 0.717) is 17.3 Å². The molecule has 26 heavy (non-hydrogen) atoms. The number of fused-ring (bicyclic) bond motifs is 1. The van der Waals surface area contributed by atoms with Crippen molar-refractivity contribution in [3.63, 3.8) is 0 Å². The zero-order valence-electron chi connectivity index (χ0n) is 15.1. The summed E-state index contributed by atoms with van der Waals surface area (Å²) in [7, 11) is 1.88. The topological polar surface area (TPSA) is 52.7 Å². The summed E-state index contributed by atoms with van der Waals surface area (Å²) in [5.74, 6) is -0.316. The number of rotatable bonds is 4. The van der Waals surface area contributed by atoms with Gasteiger partial charge in [0.15, 0.2) is 0 Å². The number of amides is 2. The number of para-hydroxylation sites is 2. The third-order valence-corrected chi connectivity index (χ3v) is 4.74. The van der Waals surface area contributed by atoms with Crippen molar-refractivity contribution in [3.05, 3.63) is 59.1 Å². The number of nitrogens with zero attached hydrogens (tertiary/aromatic N) is 2. The van der Waals surface area contributed by atoms with E-state index in [1.165, 1.54) is 0 Å². The van der Waals surface area contributed by atoms with E-state index in [4.69, 9.17) is 11.6 Å². The lowest BCUT2D eigenvalue weighted by Crippen LogP contribution is -2.60. The maximum absolute atomic E-state index is 13.1. The minimum absolute atomic E-state index is 0.123. The summed E-state index contributed by atoms with van der Waals surface area (Å²) >= 11 is 6.03. The maximum atomic E-state index is 13.1. The first kappa shape index (κ1) is 18.4. The van der Waals surface area contributed by atoms with Gasteiger partial charge in [0.25, 0.3) is 0 Å². The Labute approximate surface area is 158 Å². The van der Waals surface area contributed by atoms with Crippen LogP contribution in [0.1, 0.15) is 19.4 Å². The molecule has 0 radical (unpaired) electrons. The lowest BCUT2D eigenvalue weighted by Gasteiger charge is -2.42. The molecule has 2 amide bonds. The van der Waals surface area contributed by atoms with Crippen molar-refractivity contribution in [2.45, 2.75) is 25.9 Å². The van der Waals surface area contributed by atoms with Crippen LogP contribution in [0.25, 0.3) is 0 Å². The van der Waals surface area contributed by atoms with E-state index in [1.54, 1.807) is 24.8 Å². The van der Waals surface area contributed by atoms with E-state index in [0.717, 1.165) is 11.3 Å². The Bertz CT molecular complexity index is 850. The predicted octanol–water partition coefficient (Wildman–Crippen LogP) is 3.54. The van der Waals surface area contributed by atoms with Crippen molar-refractivity contribution in [2.75, 3.05) is 23.8 Å². The molecule has 3 rings (SSSR count). The monoisotopic (exact) mass is 371 g/mol. The standard InChI is InChI=1S/C20H22ClN3O2/c1-20(2)19(26)22-16-9-4-5-10-17(16)24(20)18(25)13-23(3)12-14-7-6-8-15(21)11-14/h4-11H,12-13H2,1-3H3,(H,22,26). The normalized spacial score (nSPS) is 15.6. The second-order valence-electron chi connectivity index (χ2n) is 7.06. The molecule has 0 fully saturated rings. The summed E-state index contributed by atoms with van der Waals surface area (Å²) in [4.78, 5) is 29.1. The van der Waals surface area contributed by atoms with Crippen LogP contribution in [0.3, 0.4) is 0 Å². The highest BCUT2D eigenvalue weighted by molar-refractivity contribution is 6.30. The van der Waals surface area contributed by atoms with E-state index in [1.807, 2.05) is 54.4 Å². The Morgan fingerprint density at radius 2 is 1.92 bits per heavy atom. The Morgan fingerprint density at radius 1 is 1.19 bits per heavy atom. The van der Waals surface area contributed by atoms with E-state index < -0.39 is 5.54 Å². The molecular weight excluding hydrogens is 350 g/mol. The molecular formula is C20H22ClN3O2. The summed E-state index contributed by atoms with van der Waals surface area (Å²) in [5.41, 5.74) is 1.45. The highest BCUT2D eigenvalue weighted by atomic mass is 35.5. The number of benzene rings is 2. The first-order valence-corrected chi connectivity index (χ1v) is 8.83. The van der Waals surface area contributed by atoms with E-state index in [9.17, 15) is 9.59 Å². The van der Waals surface area contributed by atoms with Gasteiger partial charge in [-0.1, -0.05) is 35.9 Å². The van der Waals surface area contributed by atoms with Crippen LogP contribution in [0.5, 0.6) is 0 Å². The SMILES string of the molecule is CN(CC(=O)N1c2ccccc2NC(=O)C1(C)C)Cc1cccc(Cl)c1. The molecule has 1 aliphatic heterocycles. The van der Waals surface area contributed by atoms with Crippen molar-refractivity contribution in [1.29, 1.82) is 0 Å². The van der Waals surface area contributed by atoms with Crippen LogP contribution in [-0.2, 0) is 16.1 Å². The average Bonchev–Trinajstić information content (AvgIpc) is 2.55. The molecule has 0 atom stereocenters. The fourth-order valence-corrected chi connectivity index (χ4v) is 3.42. The molecule has 0 saturated carbocycles. The molecule has 0 saturated heterocycles. The molecule has 0 aliphatic carbocycles. The van der Waals surface area contributed by atoms with Gasteiger partial charge in [-0.25, -0.2) is 0 Å². The van der Waals surface area contributed by atoms with Crippen LogP contribution in [0, 0.1) is 0 Å². The highest BCUT2D eigenvalue weighted by Crippen LogP contribution is 2.36. The van der Waals surface area contributed by atoms with Gasteiger partial charge in [-0.15, -0.1) is 0 Å². The number of anilines is 2.